The summed E-state index contributed by atoms with van der Waals surface area (Å²) in [6.45, 7) is 0. The summed E-state index contributed by atoms with van der Waals surface area (Å²) in [7, 11) is 0. The summed E-state index contributed by atoms with van der Waals surface area (Å²) in [4.78, 5) is 10.4. The standard InChI is InChI=1S/C8H5NO3S2/c10-5-2-1-4-3-6(9(11)12)14-8(4)7(5)13/h1-3,10,13H. The van der Waals surface area contributed by atoms with Gasteiger partial charge in [0.1, 0.15) is 5.75 Å². The SMILES string of the molecule is O=[N+]([O-])c1cc2ccc(O)c(S)c2s1. The number of hydrogen-bond acceptors (Lipinski definition) is 5. The molecule has 6 heteroatoms. The van der Waals surface area contributed by atoms with E-state index >= 15 is 0 Å². The van der Waals surface area contributed by atoms with Gasteiger partial charge < -0.3 is 5.11 Å². The molecule has 0 fully saturated rings. The van der Waals surface area contributed by atoms with Crippen molar-refractivity contribution in [3.63, 3.8) is 0 Å². The molecular weight excluding hydrogens is 222 g/mol. The molecule has 0 saturated carbocycles. The highest BCUT2D eigenvalue weighted by Crippen LogP contribution is 2.38. The predicted molar refractivity (Wildman–Crippen MR) is 57.4 cm³/mol. The lowest BCUT2D eigenvalue weighted by Gasteiger charge is -1.96. The molecule has 2 aromatic rings. The van der Waals surface area contributed by atoms with Crippen molar-refractivity contribution in [2.45, 2.75) is 4.90 Å². The van der Waals surface area contributed by atoms with Gasteiger partial charge in [-0.15, -0.1) is 12.6 Å². The first kappa shape index (κ1) is 9.29. The van der Waals surface area contributed by atoms with Gasteiger partial charge in [0, 0.05) is 11.5 Å². The molecule has 0 saturated heterocycles. The van der Waals surface area contributed by atoms with Crippen molar-refractivity contribution in [1.29, 1.82) is 0 Å². The zero-order chi connectivity index (χ0) is 10.3. The number of aromatic hydroxyl groups is 1. The Labute approximate surface area is 88.4 Å². The van der Waals surface area contributed by atoms with Crippen LogP contribution in [-0.4, -0.2) is 10.0 Å². The summed E-state index contributed by atoms with van der Waals surface area (Å²) in [5.41, 5.74) is 0. The zero-order valence-corrected chi connectivity index (χ0v) is 8.51. The number of thiol groups is 1. The molecule has 0 aliphatic rings. The fourth-order valence-electron chi connectivity index (χ4n) is 1.15. The minimum absolute atomic E-state index is 0.0394. The summed E-state index contributed by atoms with van der Waals surface area (Å²) in [6.07, 6.45) is 0. The molecule has 1 N–H and O–H groups in total. The van der Waals surface area contributed by atoms with Crippen molar-refractivity contribution >= 4 is 39.1 Å². The lowest BCUT2D eigenvalue weighted by Crippen LogP contribution is -1.80. The van der Waals surface area contributed by atoms with Crippen LogP contribution in [0.3, 0.4) is 0 Å². The maximum atomic E-state index is 10.5. The van der Waals surface area contributed by atoms with Crippen molar-refractivity contribution in [3.8, 4) is 5.75 Å². The number of phenolic OH excluding ortho intramolecular Hbond substituents is 1. The average Bonchev–Trinajstić information content (AvgIpc) is 2.56. The molecule has 0 radical (unpaired) electrons. The topological polar surface area (TPSA) is 63.4 Å². The fraction of sp³-hybridized carbons (Fsp3) is 0. The van der Waals surface area contributed by atoms with Gasteiger partial charge >= 0.3 is 5.00 Å². The Morgan fingerprint density at radius 1 is 1.50 bits per heavy atom. The van der Waals surface area contributed by atoms with Crippen LogP contribution in [0.5, 0.6) is 5.75 Å². The minimum Gasteiger partial charge on any atom is -0.507 e. The van der Waals surface area contributed by atoms with E-state index in [1.807, 2.05) is 0 Å². The first-order chi connectivity index (χ1) is 6.59. The van der Waals surface area contributed by atoms with Crippen LogP contribution in [0.25, 0.3) is 10.1 Å². The molecule has 4 nitrogen and oxygen atoms in total. The van der Waals surface area contributed by atoms with Crippen LogP contribution in [0, 0.1) is 10.1 Å². The smallest absolute Gasteiger partial charge is 0.325 e. The van der Waals surface area contributed by atoms with Crippen LogP contribution in [0.4, 0.5) is 5.00 Å². The van der Waals surface area contributed by atoms with Crippen LogP contribution in [0.1, 0.15) is 0 Å². The van der Waals surface area contributed by atoms with Gasteiger partial charge in [0.05, 0.1) is 14.5 Å². The number of thiophene rings is 1. The maximum absolute atomic E-state index is 10.5. The lowest BCUT2D eigenvalue weighted by molar-refractivity contribution is -0.380. The molecule has 0 aliphatic heterocycles. The molecule has 1 aromatic carbocycles. The van der Waals surface area contributed by atoms with Crippen LogP contribution in [0.2, 0.25) is 0 Å². The van der Waals surface area contributed by atoms with Crippen molar-refractivity contribution in [2.75, 3.05) is 0 Å². The van der Waals surface area contributed by atoms with E-state index in [1.54, 1.807) is 6.07 Å². The Morgan fingerprint density at radius 3 is 2.86 bits per heavy atom. The van der Waals surface area contributed by atoms with Crippen molar-refractivity contribution < 1.29 is 10.0 Å². The number of nitro groups is 1. The molecule has 1 aromatic heterocycles. The van der Waals surface area contributed by atoms with Gasteiger partial charge in [0.15, 0.2) is 0 Å². The zero-order valence-electron chi connectivity index (χ0n) is 6.80. The second-order valence-electron chi connectivity index (χ2n) is 2.69. The van der Waals surface area contributed by atoms with Gasteiger partial charge in [-0.3, -0.25) is 10.1 Å². The van der Waals surface area contributed by atoms with Crippen LogP contribution in [-0.2, 0) is 0 Å². The quantitative estimate of drug-likeness (QED) is 0.447. The first-order valence-electron chi connectivity index (χ1n) is 3.68. The number of hydrogen-bond donors (Lipinski definition) is 2. The van der Waals surface area contributed by atoms with Crippen molar-refractivity contribution in [3.05, 3.63) is 28.3 Å². The summed E-state index contributed by atoms with van der Waals surface area (Å²) >= 11 is 5.09. The Morgan fingerprint density at radius 2 is 2.21 bits per heavy atom. The van der Waals surface area contributed by atoms with Crippen LogP contribution >= 0.6 is 24.0 Å². The normalized spacial score (nSPS) is 10.6. The highest BCUT2D eigenvalue weighted by atomic mass is 32.1. The first-order valence-corrected chi connectivity index (χ1v) is 4.95. The molecule has 0 bridgehead atoms. The third kappa shape index (κ3) is 1.32. The summed E-state index contributed by atoms with van der Waals surface area (Å²) in [5.74, 6) is 0.0394. The molecule has 0 amide bonds. The number of fused-ring (bicyclic) bond motifs is 1. The molecule has 0 aliphatic carbocycles. The molecule has 1 heterocycles. The van der Waals surface area contributed by atoms with E-state index in [9.17, 15) is 15.2 Å². The fourth-order valence-corrected chi connectivity index (χ4v) is 2.41. The Kier molecular flexibility index (Phi) is 2.09. The molecular formula is C8H5NO3S2. The van der Waals surface area contributed by atoms with Crippen LogP contribution in [0.15, 0.2) is 23.1 Å². The van der Waals surface area contributed by atoms with Gasteiger partial charge in [-0.2, -0.15) is 0 Å². The highest BCUT2D eigenvalue weighted by molar-refractivity contribution is 7.81. The van der Waals surface area contributed by atoms with Crippen molar-refractivity contribution in [2.24, 2.45) is 0 Å². The van der Waals surface area contributed by atoms with E-state index in [4.69, 9.17) is 0 Å². The van der Waals surface area contributed by atoms with E-state index in [1.165, 1.54) is 12.1 Å². The molecule has 2 rings (SSSR count). The van der Waals surface area contributed by atoms with E-state index in [2.05, 4.69) is 12.6 Å². The van der Waals surface area contributed by atoms with Crippen molar-refractivity contribution in [1.82, 2.24) is 0 Å². The molecule has 0 unspecified atom stereocenters. The third-order valence-electron chi connectivity index (χ3n) is 1.81. The van der Waals surface area contributed by atoms with E-state index in [-0.39, 0.29) is 10.8 Å². The number of nitrogens with zero attached hydrogens (tertiary/aromatic N) is 1. The van der Waals surface area contributed by atoms with Gasteiger partial charge in [0.25, 0.3) is 0 Å². The molecule has 14 heavy (non-hydrogen) atoms. The highest BCUT2D eigenvalue weighted by Gasteiger charge is 2.14. The summed E-state index contributed by atoms with van der Waals surface area (Å²) in [5, 5.41) is 20.6. The lowest BCUT2D eigenvalue weighted by atomic mass is 10.2. The number of rotatable bonds is 1. The second-order valence-corrected chi connectivity index (χ2v) is 4.17. The Hall–Kier alpha value is -1.27. The van der Waals surface area contributed by atoms with Gasteiger partial charge in [-0.25, -0.2) is 0 Å². The Balaban J connectivity index is 2.77. The number of phenols is 1. The summed E-state index contributed by atoms with van der Waals surface area (Å²) < 4.78 is 0.639. The van der Waals surface area contributed by atoms with Crippen LogP contribution < -0.4 is 0 Å². The predicted octanol–water partition coefficient (Wildman–Crippen LogP) is 2.80. The maximum Gasteiger partial charge on any atom is 0.325 e. The van der Waals surface area contributed by atoms with E-state index < -0.39 is 4.92 Å². The third-order valence-corrected chi connectivity index (χ3v) is 3.53. The second kappa shape index (κ2) is 3.14. The molecule has 72 valence electrons. The minimum atomic E-state index is -0.449. The average molecular weight is 227 g/mol. The van der Waals surface area contributed by atoms with E-state index in [0.717, 1.165) is 16.7 Å². The number of benzene rings is 1. The largest absolute Gasteiger partial charge is 0.507 e. The summed E-state index contributed by atoms with van der Waals surface area (Å²) in [6, 6.07) is 4.58. The van der Waals surface area contributed by atoms with Gasteiger partial charge in [-0.1, -0.05) is 11.3 Å². The monoisotopic (exact) mass is 227 g/mol. The van der Waals surface area contributed by atoms with E-state index in [0.29, 0.717) is 9.60 Å². The van der Waals surface area contributed by atoms with Gasteiger partial charge in [-0.05, 0) is 12.1 Å². The molecule has 0 atom stereocenters. The van der Waals surface area contributed by atoms with Gasteiger partial charge in [0.2, 0.25) is 0 Å². The Bertz CT molecular complexity index is 521. The molecule has 0 spiro atoms.